The Morgan fingerprint density at radius 2 is 2.25 bits per heavy atom. The predicted molar refractivity (Wildman–Crippen MR) is 58.4 cm³/mol. The van der Waals surface area contributed by atoms with Crippen molar-refractivity contribution in [1.29, 1.82) is 0 Å². The molecule has 80 valence electrons. The van der Waals surface area contributed by atoms with Crippen molar-refractivity contribution in [3.8, 4) is 11.5 Å². The number of hydrogen-bond donors (Lipinski definition) is 1. The molecule has 3 heterocycles. The molecule has 3 aromatic rings. The number of nitrogen functional groups attached to an aromatic ring is 1. The van der Waals surface area contributed by atoms with Crippen molar-refractivity contribution in [3.05, 3.63) is 24.9 Å². The number of anilines is 1. The molecule has 0 aliphatic heterocycles. The summed E-state index contributed by atoms with van der Waals surface area (Å²) in [5.74, 6) is 0.609. The van der Waals surface area contributed by atoms with E-state index in [1.165, 1.54) is 6.39 Å². The first-order chi connectivity index (χ1) is 7.75. The van der Waals surface area contributed by atoms with Crippen molar-refractivity contribution in [2.75, 3.05) is 5.73 Å². The zero-order valence-electron chi connectivity index (χ0n) is 8.58. The summed E-state index contributed by atoms with van der Waals surface area (Å²) < 4.78 is 6.91. The van der Waals surface area contributed by atoms with Gasteiger partial charge in [0.2, 0.25) is 0 Å². The van der Waals surface area contributed by atoms with Crippen LogP contribution in [0.3, 0.4) is 0 Å². The van der Waals surface area contributed by atoms with E-state index in [9.17, 15) is 0 Å². The molecule has 3 rings (SSSR count). The number of rotatable bonds is 1. The van der Waals surface area contributed by atoms with Crippen molar-refractivity contribution < 1.29 is 4.42 Å². The highest BCUT2D eigenvalue weighted by Crippen LogP contribution is 2.27. The van der Waals surface area contributed by atoms with Gasteiger partial charge in [0.05, 0.1) is 23.5 Å². The zero-order valence-corrected chi connectivity index (χ0v) is 8.58. The molecule has 0 spiro atoms. The molecule has 0 aliphatic carbocycles. The topological polar surface area (TPSA) is 82.8 Å². The second kappa shape index (κ2) is 3.06. The molecule has 0 saturated carbocycles. The molecule has 0 amide bonds. The molecule has 0 unspecified atom stereocenters. The lowest BCUT2D eigenvalue weighted by molar-refractivity contribution is 0.568. The van der Waals surface area contributed by atoms with Crippen LogP contribution in [0.15, 0.2) is 29.3 Å². The van der Waals surface area contributed by atoms with Crippen LogP contribution in [0.2, 0.25) is 0 Å². The summed E-state index contributed by atoms with van der Waals surface area (Å²) in [7, 11) is 1.82. The summed E-state index contributed by atoms with van der Waals surface area (Å²) >= 11 is 0. The first-order valence-corrected chi connectivity index (χ1v) is 4.73. The summed E-state index contributed by atoms with van der Waals surface area (Å²) in [4.78, 5) is 8.09. The molecule has 0 saturated heterocycles. The van der Waals surface area contributed by atoms with Crippen LogP contribution in [-0.4, -0.2) is 19.7 Å². The van der Waals surface area contributed by atoms with E-state index in [0.29, 0.717) is 17.1 Å². The third-order valence-electron chi connectivity index (χ3n) is 2.37. The molecule has 0 aromatic carbocycles. The van der Waals surface area contributed by atoms with Crippen molar-refractivity contribution in [2.24, 2.45) is 7.05 Å². The SMILES string of the molecule is Cn1nc(-c2cnco2)c2cc(N)cnc21. The first-order valence-electron chi connectivity index (χ1n) is 4.73. The van der Waals surface area contributed by atoms with Crippen molar-refractivity contribution in [1.82, 2.24) is 19.7 Å². The standard InChI is InChI=1S/C10H9N5O/c1-15-10-7(2-6(11)3-13-10)9(14-15)8-4-12-5-16-8/h2-5H,11H2,1H3. The summed E-state index contributed by atoms with van der Waals surface area (Å²) in [5, 5.41) is 5.20. The van der Waals surface area contributed by atoms with Gasteiger partial charge < -0.3 is 10.2 Å². The van der Waals surface area contributed by atoms with E-state index < -0.39 is 0 Å². The number of aryl methyl sites for hydroxylation is 1. The van der Waals surface area contributed by atoms with Gasteiger partial charge in [-0.1, -0.05) is 0 Å². The van der Waals surface area contributed by atoms with Gasteiger partial charge in [0.25, 0.3) is 0 Å². The van der Waals surface area contributed by atoms with Crippen molar-refractivity contribution in [2.45, 2.75) is 0 Å². The number of aromatic nitrogens is 4. The van der Waals surface area contributed by atoms with Crippen LogP contribution in [0.25, 0.3) is 22.5 Å². The Hall–Kier alpha value is -2.37. The Balaban J connectivity index is 2.37. The Kier molecular flexibility index (Phi) is 1.70. The Morgan fingerprint density at radius 1 is 1.38 bits per heavy atom. The van der Waals surface area contributed by atoms with Crippen LogP contribution in [0.5, 0.6) is 0 Å². The third-order valence-corrected chi connectivity index (χ3v) is 2.37. The largest absolute Gasteiger partial charge is 0.442 e. The highest BCUT2D eigenvalue weighted by atomic mass is 16.3. The average Bonchev–Trinajstić information content (AvgIpc) is 2.86. The highest BCUT2D eigenvalue weighted by Gasteiger charge is 2.14. The van der Waals surface area contributed by atoms with Gasteiger partial charge in [0, 0.05) is 7.05 Å². The van der Waals surface area contributed by atoms with Gasteiger partial charge in [-0.2, -0.15) is 5.10 Å². The molecule has 0 radical (unpaired) electrons. The fourth-order valence-corrected chi connectivity index (χ4v) is 1.67. The summed E-state index contributed by atoms with van der Waals surface area (Å²) in [5.41, 5.74) is 7.78. The molecule has 2 N–H and O–H groups in total. The molecule has 0 aliphatic rings. The maximum Gasteiger partial charge on any atom is 0.181 e. The monoisotopic (exact) mass is 215 g/mol. The summed E-state index contributed by atoms with van der Waals surface area (Å²) in [6.07, 6.45) is 4.59. The van der Waals surface area contributed by atoms with Gasteiger partial charge in [-0.25, -0.2) is 14.6 Å². The molecule has 6 nitrogen and oxygen atoms in total. The van der Waals surface area contributed by atoms with Crippen LogP contribution in [-0.2, 0) is 7.05 Å². The smallest absolute Gasteiger partial charge is 0.181 e. The molecule has 0 fully saturated rings. The van der Waals surface area contributed by atoms with Crippen LogP contribution < -0.4 is 5.73 Å². The molecule has 0 atom stereocenters. The number of hydrogen-bond acceptors (Lipinski definition) is 5. The Morgan fingerprint density at radius 3 is 3.00 bits per heavy atom. The predicted octanol–water partition coefficient (Wildman–Crippen LogP) is 1.21. The van der Waals surface area contributed by atoms with E-state index >= 15 is 0 Å². The second-order valence-electron chi connectivity index (χ2n) is 3.48. The van der Waals surface area contributed by atoms with E-state index in [4.69, 9.17) is 10.2 Å². The number of nitrogens with two attached hydrogens (primary N) is 1. The third kappa shape index (κ3) is 1.16. The van der Waals surface area contributed by atoms with Gasteiger partial charge >= 0.3 is 0 Å². The van der Waals surface area contributed by atoms with E-state index in [1.54, 1.807) is 17.1 Å². The highest BCUT2D eigenvalue weighted by molar-refractivity contribution is 5.91. The molecular formula is C10H9N5O. The van der Waals surface area contributed by atoms with Crippen LogP contribution >= 0.6 is 0 Å². The first kappa shape index (κ1) is 8.90. The van der Waals surface area contributed by atoms with E-state index in [1.807, 2.05) is 13.1 Å². The van der Waals surface area contributed by atoms with E-state index in [0.717, 1.165) is 11.0 Å². The van der Waals surface area contributed by atoms with Crippen LogP contribution in [0.4, 0.5) is 5.69 Å². The van der Waals surface area contributed by atoms with Gasteiger partial charge in [0.1, 0.15) is 5.69 Å². The maximum absolute atomic E-state index is 5.71. The molecule has 0 bridgehead atoms. The normalized spacial score (nSPS) is 11.1. The van der Waals surface area contributed by atoms with Gasteiger partial charge in [-0.05, 0) is 6.07 Å². The minimum Gasteiger partial charge on any atom is -0.442 e. The van der Waals surface area contributed by atoms with Gasteiger partial charge in [-0.15, -0.1) is 0 Å². The van der Waals surface area contributed by atoms with Crippen molar-refractivity contribution >= 4 is 16.7 Å². The zero-order chi connectivity index (χ0) is 11.1. The minimum absolute atomic E-state index is 0.598. The number of oxazole rings is 1. The van der Waals surface area contributed by atoms with E-state index in [-0.39, 0.29) is 0 Å². The van der Waals surface area contributed by atoms with Crippen molar-refractivity contribution in [3.63, 3.8) is 0 Å². The van der Waals surface area contributed by atoms with E-state index in [2.05, 4.69) is 15.1 Å². The summed E-state index contributed by atoms with van der Waals surface area (Å²) in [6.45, 7) is 0. The lowest BCUT2D eigenvalue weighted by Crippen LogP contribution is -1.92. The maximum atomic E-state index is 5.71. The Bertz CT molecular complexity index is 641. The Labute approximate surface area is 90.7 Å². The molecule has 3 aromatic heterocycles. The second-order valence-corrected chi connectivity index (χ2v) is 3.48. The minimum atomic E-state index is 0.598. The van der Waals surface area contributed by atoms with Crippen LogP contribution in [0, 0.1) is 0 Å². The molecule has 16 heavy (non-hydrogen) atoms. The number of nitrogens with zero attached hydrogens (tertiary/aromatic N) is 4. The number of pyridine rings is 1. The lowest BCUT2D eigenvalue weighted by atomic mass is 10.2. The fourth-order valence-electron chi connectivity index (χ4n) is 1.67. The molecule has 6 heteroatoms. The summed E-state index contributed by atoms with van der Waals surface area (Å²) in [6, 6.07) is 1.83. The number of fused-ring (bicyclic) bond motifs is 1. The fraction of sp³-hybridized carbons (Fsp3) is 0.100. The molecular weight excluding hydrogens is 206 g/mol. The average molecular weight is 215 g/mol. The quantitative estimate of drug-likeness (QED) is 0.659. The van der Waals surface area contributed by atoms with Gasteiger partial charge in [-0.3, -0.25) is 0 Å². The van der Waals surface area contributed by atoms with Gasteiger partial charge in [0.15, 0.2) is 17.8 Å². The lowest BCUT2D eigenvalue weighted by Gasteiger charge is -1.94. The van der Waals surface area contributed by atoms with Crippen LogP contribution in [0.1, 0.15) is 0 Å².